The Hall–Kier alpha value is -2.08. The van der Waals surface area contributed by atoms with Gasteiger partial charge in [0.15, 0.2) is 0 Å². The summed E-state index contributed by atoms with van der Waals surface area (Å²) in [5.74, 6) is -0.236. The molecular weight excluding hydrogens is 258 g/mol. The standard InChI is InChI=1S/C14H21N3O3/c1-15-14(19)17-16-13(18)8-5-10-20-11-9-12-6-3-2-4-7-12/h2-4,6-7H,5,8-11H2,1H3,(H,16,18)(H2,15,17,19). The zero-order valence-electron chi connectivity index (χ0n) is 11.6. The van der Waals surface area contributed by atoms with Gasteiger partial charge in [0.1, 0.15) is 0 Å². The number of hydrazine groups is 1. The van der Waals surface area contributed by atoms with Crippen molar-refractivity contribution in [2.24, 2.45) is 0 Å². The van der Waals surface area contributed by atoms with Crippen LogP contribution in [0.3, 0.4) is 0 Å². The molecule has 3 amide bonds. The first kappa shape index (κ1) is 16.0. The van der Waals surface area contributed by atoms with Gasteiger partial charge in [-0.2, -0.15) is 0 Å². The van der Waals surface area contributed by atoms with Gasteiger partial charge in [0, 0.05) is 20.1 Å². The van der Waals surface area contributed by atoms with E-state index in [0.29, 0.717) is 26.1 Å². The van der Waals surface area contributed by atoms with E-state index >= 15 is 0 Å². The molecule has 0 fully saturated rings. The van der Waals surface area contributed by atoms with Gasteiger partial charge in [-0.1, -0.05) is 30.3 Å². The number of benzene rings is 1. The Morgan fingerprint density at radius 1 is 1.10 bits per heavy atom. The van der Waals surface area contributed by atoms with Gasteiger partial charge in [0.05, 0.1) is 6.61 Å². The highest BCUT2D eigenvalue weighted by atomic mass is 16.5. The smallest absolute Gasteiger partial charge is 0.333 e. The molecule has 6 nitrogen and oxygen atoms in total. The molecule has 0 bridgehead atoms. The summed E-state index contributed by atoms with van der Waals surface area (Å²) in [6, 6.07) is 9.65. The number of amides is 3. The quantitative estimate of drug-likeness (QED) is 0.514. The van der Waals surface area contributed by atoms with Crippen molar-refractivity contribution in [3.05, 3.63) is 35.9 Å². The Morgan fingerprint density at radius 2 is 1.85 bits per heavy atom. The summed E-state index contributed by atoms with van der Waals surface area (Å²) in [7, 11) is 1.47. The molecule has 0 aliphatic heterocycles. The van der Waals surface area contributed by atoms with Crippen LogP contribution in [0, 0.1) is 0 Å². The molecule has 0 atom stereocenters. The summed E-state index contributed by atoms with van der Waals surface area (Å²) < 4.78 is 5.46. The predicted octanol–water partition coefficient (Wildman–Crippen LogP) is 0.986. The number of rotatable bonds is 7. The topological polar surface area (TPSA) is 79.5 Å². The van der Waals surface area contributed by atoms with Gasteiger partial charge in [-0.05, 0) is 18.4 Å². The monoisotopic (exact) mass is 279 g/mol. The van der Waals surface area contributed by atoms with Crippen molar-refractivity contribution in [1.29, 1.82) is 0 Å². The van der Waals surface area contributed by atoms with Crippen LogP contribution in [0.15, 0.2) is 30.3 Å². The third-order valence-corrected chi connectivity index (χ3v) is 2.61. The normalized spacial score (nSPS) is 9.85. The van der Waals surface area contributed by atoms with Crippen molar-refractivity contribution in [2.75, 3.05) is 20.3 Å². The molecule has 0 heterocycles. The van der Waals surface area contributed by atoms with Crippen molar-refractivity contribution in [1.82, 2.24) is 16.2 Å². The van der Waals surface area contributed by atoms with Crippen molar-refractivity contribution >= 4 is 11.9 Å². The minimum absolute atomic E-state index is 0.236. The molecule has 0 saturated heterocycles. The van der Waals surface area contributed by atoms with Crippen LogP contribution in [-0.4, -0.2) is 32.2 Å². The van der Waals surface area contributed by atoms with Gasteiger partial charge in [-0.3, -0.25) is 10.2 Å². The highest BCUT2D eigenvalue weighted by Gasteiger charge is 2.02. The summed E-state index contributed by atoms with van der Waals surface area (Å²) in [6.45, 7) is 1.17. The minimum Gasteiger partial charge on any atom is -0.381 e. The van der Waals surface area contributed by atoms with Crippen LogP contribution in [0.4, 0.5) is 4.79 Å². The zero-order valence-corrected chi connectivity index (χ0v) is 11.6. The first-order valence-corrected chi connectivity index (χ1v) is 6.60. The van der Waals surface area contributed by atoms with Crippen LogP contribution >= 0.6 is 0 Å². The number of urea groups is 1. The largest absolute Gasteiger partial charge is 0.381 e. The second-order valence-electron chi connectivity index (χ2n) is 4.20. The maximum Gasteiger partial charge on any atom is 0.333 e. The molecule has 0 unspecified atom stereocenters. The molecule has 20 heavy (non-hydrogen) atoms. The number of carbonyl (C=O) groups excluding carboxylic acids is 2. The molecule has 0 aliphatic rings. The first-order chi connectivity index (χ1) is 9.72. The van der Waals surface area contributed by atoms with Crippen LogP contribution in [0.5, 0.6) is 0 Å². The summed E-state index contributed by atoms with van der Waals surface area (Å²) in [6.07, 6.45) is 1.80. The van der Waals surface area contributed by atoms with E-state index in [-0.39, 0.29) is 5.91 Å². The van der Waals surface area contributed by atoms with Gasteiger partial charge in [0.2, 0.25) is 5.91 Å². The number of carbonyl (C=O) groups is 2. The van der Waals surface area contributed by atoms with Crippen molar-refractivity contribution in [3.63, 3.8) is 0 Å². The minimum atomic E-state index is -0.447. The highest BCUT2D eigenvalue weighted by Crippen LogP contribution is 2.00. The molecule has 0 spiro atoms. The number of ether oxygens (including phenoxy) is 1. The van der Waals surface area contributed by atoms with Crippen molar-refractivity contribution < 1.29 is 14.3 Å². The van der Waals surface area contributed by atoms with Crippen LogP contribution in [0.1, 0.15) is 18.4 Å². The molecule has 0 aromatic heterocycles. The van der Waals surface area contributed by atoms with E-state index in [1.165, 1.54) is 12.6 Å². The summed E-state index contributed by atoms with van der Waals surface area (Å²) >= 11 is 0. The van der Waals surface area contributed by atoms with E-state index < -0.39 is 6.03 Å². The number of nitrogens with one attached hydrogen (secondary N) is 3. The van der Waals surface area contributed by atoms with E-state index in [0.717, 1.165) is 6.42 Å². The van der Waals surface area contributed by atoms with E-state index in [2.05, 4.69) is 28.3 Å². The lowest BCUT2D eigenvalue weighted by Gasteiger charge is -2.07. The second-order valence-corrected chi connectivity index (χ2v) is 4.20. The van der Waals surface area contributed by atoms with Gasteiger partial charge < -0.3 is 10.1 Å². The molecule has 1 aromatic carbocycles. The van der Waals surface area contributed by atoms with Crippen molar-refractivity contribution in [3.8, 4) is 0 Å². The Kier molecular flexibility index (Phi) is 7.83. The van der Waals surface area contributed by atoms with E-state index in [4.69, 9.17) is 4.74 Å². The van der Waals surface area contributed by atoms with Gasteiger partial charge >= 0.3 is 6.03 Å². The average molecular weight is 279 g/mol. The Bertz CT molecular complexity index is 409. The van der Waals surface area contributed by atoms with Crippen LogP contribution in [0.2, 0.25) is 0 Å². The van der Waals surface area contributed by atoms with Gasteiger partial charge in [0.25, 0.3) is 0 Å². The second kappa shape index (κ2) is 9.80. The first-order valence-electron chi connectivity index (χ1n) is 6.60. The number of hydrogen-bond donors (Lipinski definition) is 3. The predicted molar refractivity (Wildman–Crippen MR) is 75.9 cm³/mol. The van der Waals surface area contributed by atoms with E-state index in [1.54, 1.807) is 0 Å². The van der Waals surface area contributed by atoms with E-state index in [1.807, 2.05) is 18.2 Å². The lowest BCUT2D eigenvalue weighted by atomic mass is 10.2. The third kappa shape index (κ3) is 7.38. The van der Waals surface area contributed by atoms with Crippen molar-refractivity contribution in [2.45, 2.75) is 19.3 Å². The highest BCUT2D eigenvalue weighted by molar-refractivity contribution is 5.80. The zero-order chi connectivity index (χ0) is 14.6. The molecule has 6 heteroatoms. The molecule has 1 aromatic rings. The Labute approximate surface area is 118 Å². The summed E-state index contributed by atoms with van der Waals surface area (Å²) in [5.41, 5.74) is 5.74. The van der Waals surface area contributed by atoms with Crippen LogP contribution < -0.4 is 16.2 Å². The molecule has 0 radical (unpaired) electrons. The Balaban J connectivity index is 1.96. The summed E-state index contributed by atoms with van der Waals surface area (Å²) in [5, 5.41) is 2.33. The van der Waals surface area contributed by atoms with Gasteiger partial charge in [-0.25, -0.2) is 10.2 Å². The van der Waals surface area contributed by atoms with Crippen LogP contribution in [-0.2, 0) is 16.0 Å². The molecular formula is C14H21N3O3. The molecule has 1 rings (SSSR count). The fraction of sp³-hybridized carbons (Fsp3) is 0.429. The SMILES string of the molecule is CNC(=O)NNC(=O)CCCOCCc1ccccc1. The molecule has 3 N–H and O–H groups in total. The average Bonchev–Trinajstić information content (AvgIpc) is 2.49. The fourth-order valence-electron chi connectivity index (χ4n) is 1.52. The third-order valence-electron chi connectivity index (χ3n) is 2.61. The van der Waals surface area contributed by atoms with Gasteiger partial charge in [-0.15, -0.1) is 0 Å². The van der Waals surface area contributed by atoms with E-state index in [9.17, 15) is 9.59 Å². The number of hydrogen-bond acceptors (Lipinski definition) is 3. The maximum absolute atomic E-state index is 11.3. The lowest BCUT2D eigenvalue weighted by Crippen LogP contribution is -2.45. The molecule has 0 aliphatic carbocycles. The molecule has 0 saturated carbocycles. The Morgan fingerprint density at radius 3 is 2.55 bits per heavy atom. The summed E-state index contributed by atoms with van der Waals surface area (Å²) in [4.78, 5) is 22.1. The maximum atomic E-state index is 11.3. The fourth-order valence-corrected chi connectivity index (χ4v) is 1.52. The lowest BCUT2D eigenvalue weighted by molar-refractivity contribution is -0.122. The van der Waals surface area contributed by atoms with Crippen LogP contribution in [0.25, 0.3) is 0 Å². The molecule has 110 valence electrons.